The van der Waals surface area contributed by atoms with E-state index >= 15 is 0 Å². The second kappa shape index (κ2) is 5.10. The minimum absolute atomic E-state index is 0.0450. The largest absolute Gasteiger partial charge is 0.354 e. The van der Waals surface area contributed by atoms with E-state index in [1.165, 1.54) is 23.0 Å². The van der Waals surface area contributed by atoms with Crippen LogP contribution in [0.5, 0.6) is 0 Å². The zero-order valence-corrected chi connectivity index (χ0v) is 13.5. The van der Waals surface area contributed by atoms with Crippen LogP contribution in [0.4, 0.5) is 5.13 Å². The molecule has 0 atom stereocenters. The fourth-order valence-corrected chi connectivity index (χ4v) is 2.64. The Morgan fingerprint density at radius 2 is 1.86 bits per heavy atom. The second-order valence-corrected chi connectivity index (χ2v) is 6.88. The number of anilines is 1. The average Bonchev–Trinajstić information content (AvgIpc) is 2.83. The van der Waals surface area contributed by atoms with Gasteiger partial charge in [-0.25, -0.2) is 9.78 Å². The van der Waals surface area contributed by atoms with E-state index in [0.717, 1.165) is 4.57 Å². The summed E-state index contributed by atoms with van der Waals surface area (Å²) in [4.78, 5) is 40.4. The van der Waals surface area contributed by atoms with E-state index < -0.39 is 16.7 Å². The number of carbonyl (C=O) groups is 1. The molecule has 2 aromatic rings. The lowest BCUT2D eigenvalue weighted by Gasteiger charge is -2.16. The van der Waals surface area contributed by atoms with E-state index in [9.17, 15) is 14.4 Å². The van der Waals surface area contributed by atoms with Crippen LogP contribution < -0.4 is 16.6 Å². The van der Waals surface area contributed by atoms with Crippen LogP contribution in [0.25, 0.3) is 10.3 Å². The Kier molecular flexibility index (Phi) is 3.75. The Morgan fingerprint density at radius 3 is 2.43 bits per heavy atom. The summed E-state index contributed by atoms with van der Waals surface area (Å²) in [6, 6.07) is 0. The van der Waals surface area contributed by atoms with Gasteiger partial charge < -0.3 is 5.32 Å². The smallest absolute Gasteiger partial charge is 0.331 e. The number of nitrogens with one attached hydrogen (secondary N) is 1. The number of hydrogen-bond donors (Lipinski definition) is 1. The predicted octanol–water partition coefficient (Wildman–Crippen LogP) is 0.721. The highest BCUT2D eigenvalue weighted by Crippen LogP contribution is 2.22. The highest BCUT2D eigenvalue weighted by molar-refractivity contribution is 7.21. The summed E-state index contributed by atoms with van der Waals surface area (Å²) < 4.78 is 2.40. The van der Waals surface area contributed by atoms with Crippen LogP contribution in [0.15, 0.2) is 9.59 Å². The Labute approximate surface area is 125 Å². The number of fused-ring (bicyclic) bond motifs is 1. The van der Waals surface area contributed by atoms with Crippen LogP contribution in [-0.2, 0) is 18.9 Å². The molecule has 0 saturated carbocycles. The number of nitrogens with zero attached hydrogens (tertiary/aromatic N) is 3. The first-order chi connectivity index (χ1) is 9.62. The lowest BCUT2D eigenvalue weighted by molar-refractivity contribution is -0.124. The maximum Gasteiger partial charge on any atom is 0.331 e. The zero-order chi connectivity index (χ0) is 15.9. The Bertz CT molecular complexity index is 823. The topological polar surface area (TPSA) is 86.0 Å². The molecule has 0 radical (unpaired) electrons. The molecule has 0 amide bonds. The average molecular weight is 310 g/mol. The SMILES string of the molecule is Cn1c(=O)c2nc(NCC(=O)C(C)(C)C)sc2n(C)c1=O. The molecule has 1 N–H and O–H groups in total. The van der Waals surface area contributed by atoms with Crippen molar-refractivity contribution in [2.24, 2.45) is 19.5 Å². The van der Waals surface area contributed by atoms with E-state index in [1.807, 2.05) is 20.8 Å². The van der Waals surface area contributed by atoms with Crippen LogP contribution in [0, 0.1) is 5.41 Å². The van der Waals surface area contributed by atoms with Gasteiger partial charge in [-0.05, 0) is 0 Å². The van der Waals surface area contributed by atoms with Crippen molar-refractivity contribution in [3.05, 3.63) is 20.8 Å². The lowest BCUT2D eigenvalue weighted by atomic mass is 9.91. The molecular weight excluding hydrogens is 292 g/mol. The normalized spacial score (nSPS) is 11.9. The molecule has 0 bridgehead atoms. The molecule has 0 unspecified atom stereocenters. The molecule has 2 aromatic heterocycles. The number of hydrogen-bond acceptors (Lipinski definition) is 6. The molecule has 2 rings (SSSR count). The van der Waals surface area contributed by atoms with E-state index in [2.05, 4.69) is 10.3 Å². The molecule has 0 aliphatic heterocycles. The molecule has 0 spiro atoms. The second-order valence-electron chi connectivity index (χ2n) is 5.91. The first-order valence-electron chi connectivity index (χ1n) is 6.46. The Balaban J connectivity index is 2.39. The fourth-order valence-electron chi connectivity index (χ4n) is 1.73. The van der Waals surface area contributed by atoms with Crippen molar-refractivity contribution in [2.45, 2.75) is 20.8 Å². The molecule has 0 aromatic carbocycles. The van der Waals surface area contributed by atoms with E-state index in [0.29, 0.717) is 9.96 Å². The first kappa shape index (κ1) is 15.4. The molecule has 0 aliphatic carbocycles. The maximum absolute atomic E-state index is 12.0. The number of rotatable bonds is 3. The number of aryl methyl sites for hydroxylation is 1. The van der Waals surface area contributed by atoms with Crippen LogP contribution in [0.2, 0.25) is 0 Å². The third-order valence-electron chi connectivity index (χ3n) is 3.23. The number of carbonyl (C=O) groups excluding carboxylic acids is 1. The van der Waals surface area contributed by atoms with Gasteiger partial charge in [0, 0.05) is 19.5 Å². The summed E-state index contributed by atoms with van der Waals surface area (Å²) in [5.74, 6) is 0.0450. The van der Waals surface area contributed by atoms with Crippen molar-refractivity contribution in [3.8, 4) is 0 Å². The van der Waals surface area contributed by atoms with Crippen LogP contribution in [0.1, 0.15) is 20.8 Å². The molecule has 0 fully saturated rings. The lowest BCUT2D eigenvalue weighted by Crippen LogP contribution is -2.36. The quantitative estimate of drug-likeness (QED) is 0.903. The van der Waals surface area contributed by atoms with E-state index in [-0.39, 0.29) is 17.8 Å². The summed E-state index contributed by atoms with van der Waals surface area (Å²) in [6.45, 7) is 5.66. The maximum atomic E-state index is 12.0. The van der Waals surface area contributed by atoms with Gasteiger partial charge in [-0.2, -0.15) is 0 Å². The number of aromatic nitrogens is 3. The van der Waals surface area contributed by atoms with Gasteiger partial charge >= 0.3 is 5.69 Å². The van der Waals surface area contributed by atoms with Crippen LogP contribution in [-0.4, -0.2) is 26.4 Å². The van der Waals surface area contributed by atoms with Gasteiger partial charge in [-0.15, -0.1) is 0 Å². The molecule has 8 heteroatoms. The van der Waals surface area contributed by atoms with Gasteiger partial charge in [0.1, 0.15) is 4.83 Å². The predicted molar refractivity (Wildman–Crippen MR) is 83.1 cm³/mol. The van der Waals surface area contributed by atoms with Gasteiger partial charge in [0.05, 0.1) is 6.54 Å². The van der Waals surface area contributed by atoms with Crippen molar-refractivity contribution in [2.75, 3.05) is 11.9 Å². The van der Waals surface area contributed by atoms with Crippen molar-refractivity contribution in [1.82, 2.24) is 14.1 Å². The van der Waals surface area contributed by atoms with Gasteiger partial charge in [-0.1, -0.05) is 32.1 Å². The minimum Gasteiger partial charge on any atom is -0.354 e. The number of thiazole rings is 1. The summed E-state index contributed by atoms with van der Waals surface area (Å²) >= 11 is 1.19. The Hall–Kier alpha value is -1.96. The van der Waals surface area contributed by atoms with Gasteiger partial charge in [0.2, 0.25) is 0 Å². The van der Waals surface area contributed by atoms with Crippen molar-refractivity contribution in [3.63, 3.8) is 0 Å². The summed E-state index contributed by atoms with van der Waals surface area (Å²) in [7, 11) is 3.01. The first-order valence-corrected chi connectivity index (χ1v) is 7.28. The molecule has 0 aliphatic rings. The van der Waals surface area contributed by atoms with Gasteiger partial charge in [0.25, 0.3) is 5.56 Å². The third kappa shape index (κ3) is 2.76. The highest BCUT2D eigenvalue weighted by atomic mass is 32.1. The van der Waals surface area contributed by atoms with Crippen molar-refractivity contribution >= 4 is 32.6 Å². The van der Waals surface area contributed by atoms with E-state index in [4.69, 9.17) is 0 Å². The summed E-state index contributed by atoms with van der Waals surface area (Å²) in [5.41, 5.74) is -1.03. The minimum atomic E-state index is -0.438. The number of Topliss-reactive ketones (excluding diaryl/α,β-unsaturated/α-hetero) is 1. The van der Waals surface area contributed by atoms with Crippen LogP contribution >= 0.6 is 11.3 Å². The van der Waals surface area contributed by atoms with Gasteiger partial charge in [0.15, 0.2) is 16.4 Å². The number of ketones is 1. The zero-order valence-electron chi connectivity index (χ0n) is 12.7. The summed E-state index contributed by atoms with van der Waals surface area (Å²) in [5, 5.41) is 3.39. The third-order valence-corrected chi connectivity index (χ3v) is 4.32. The van der Waals surface area contributed by atoms with E-state index in [1.54, 1.807) is 7.05 Å². The molecule has 114 valence electrons. The van der Waals surface area contributed by atoms with Crippen molar-refractivity contribution < 1.29 is 4.79 Å². The molecular formula is C13H18N4O3S. The van der Waals surface area contributed by atoms with Gasteiger partial charge in [-0.3, -0.25) is 18.7 Å². The molecule has 2 heterocycles. The van der Waals surface area contributed by atoms with Crippen LogP contribution in [0.3, 0.4) is 0 Å². The fraction of sp³-hybridized carbons (Fsp3) is 0.538. The van der Waals surface area contributed by atoms with Crippen molar-refractivity contribution in [1.29, 1.82) is 0 Å². The summed E-state index contributed by atoms with van der Waals surface area (Å²) in [6.07, 6.45) is 0. The highest BCUT2D eigenvalue weighted by Gasteiger charge is 2.21. The monoisotopic (exact) mass is 310 g/mol. The Morgan fingerprint density at radius 1 is 1.24 bits per heavy atom. The molecule has 0 saturated heterocycles. The molecule has 7 nitrogen and oxygen atoms in total. The standard InChI is InChI=1S/C13H18N4O3S/c1-13(2,3)7(18)6-14-11-15-8-9(19)16(4)12(20)17(5)10(8)21-11/h6H2,1-5H3,(H,14,15). The molecule has 21 heavy (non-hydrogen) atoms.